The number of hydrogen-bond acceptors (Lipinski definition) is 5. The fourth-order valence-electron chi connectivity index (χ4n) is 1.85. The van der Waals surface area contributed by atoms with Gasteiger partial charge in [-0.3, -0.25) is 0 Å². The zero-order valence-corrected chi connectivity index (χ0v) is 13.9. The van der Waals surface area contributed by atoms with Crippen molar-refractivity contribution in [2.45, 2.75) is 17.6 Å². The molecule has 2 rings (SSSR count). The molecule has 6 nitrogen and oxygen atoms in total. The minimum atomic E-state index is -4.52. The summed E-state index contributed by atoms with van der Waals surface area (Å²) in [5.41, 5.74) is 0.184. The standard InChI is InChI=1S/C15H15F3N2O4S/c1-23-12-4-6-13(7-5-12)25(21,22)20-9-11-3-2-8-19-14(11)24-10-15(16,17)18/h2-8,20H,9-10H2,1H3. The molecule has 0 aliphatic rings. The van der Waals surface area contributed by atoms with Gasteiger partial charge < -0.3 is 9.47 Å². The average Bonchev–Trinajstić information content (AvgIpc) is 2.58. The number of aromatic nitrogens is 1. The van der Waals surface area contributed by atoms with Crippen molar-refractivity contribution in [3.05, 3.63) is 48.2 Å². The summed E-state index contributed by atoms with van der Waals surface area (Å²) in [6, 6.07) is 8.57. The van der Waals surface area contributed by atoms with Crippen LogP contribution in [-0.4, -0.2) is 33.3 Å². The smallest absolute Gasteiger partial charge is 0.422 e. The van der Waals surface area contributed by atoms with Crippen molar-refractivity contribution in [2.24, 2.45) is 0 Å². The Balaban J connectivity index is 2.09. The van der Waals surface area contributed by atoms with Gasteiger partial charge in [0.05, 0.1) is 12.0 Å². The molecule has 0 radical (unpaired) electrons. The van der Waals surface area contributed by atoms with Crippen molar-refractivity contribution >= 4 is 10.0 Å². The average molecular weight is 376 g/mol. The minimum absolute atomic E-state index is 0.00468. The summed E-state index contributed by atoms with van der Waals surface area (Å²) >= 11 is 0. The number of halogens is 3. The Hall–Kier alpha value is -2.33. The SMILES string of the molecule is COc1ccc(S(=O)(=O)NCc2cccnc2OCC(F)(F)F)cc1. The number of pyridine rings is 1. The second-order valence-electron chi connectivity index (χ2n) is 4.87. The van der Waals surface area contributed by atoms with Gasteiger partial charge in [-0.2, -0.15) is 13.2 Å². The van der Waals surface area contributed by atoms with Crippen molar-refractivity contribution in [1.82, 2.24) is 9.71 Å². The van der Waals surface area contributed by atoms with Gasteiger partial charge in [-0.1, -0.05) is 6.07 Å². The summed E-state index contributed by atoms with van der Waals surface area (Å²) in [5.74, 6) is 0.214. The van der Waals surface area contributed by atoms with Gasteiger partial charge in [-0.25, -0.2) is 18.1 Å². The Bertz CT molecular complexity index is 808. The largest absolute Gasteiger partial charge is 0.497 e. The molecule has 0 saturated carbocycles. The highest BCUT2D eigenvalue weighted by Crippen LogP contribution is 2.21. The zero-order chi connectivity index (χ0) is 18.5. The van der Waals surface area contributed by atoms with Crippen LogP contribution in [0, 0.1) is 0 Å². The number of rotatable bonds is 7. The number of methoxy groups -OCH3 is 1. The first-order valence-electron chi connectivity index (χ1n) is 6.98. The zero-order valence-electron chi connectivity index (χ0n) is 13.1. The third-order valence-electron chi connectivity index (χ3n) is 3.04. The Morgan fingerprint density at radius 3 is 2.44 bits per heavy atom. The van der Waals surface area contributed by atoms with Crippen molar-refractivity contribution in [1.29, 1.82) is 0 Å². The molecule has 0 spiro atoms. The molecule has 0 amide bonds. The van der Waals surface area contributed by atoms with Crippen LogP contribution in [0.2, 0.25) is 0 Å². The predicted molar refractivity (Wildman–Crippen MR) is 82.8 cm³/mol. The van der Waals surface area contributed by atoms with E-state index in [9.17, 15) is 21.6 Å². The molecule has 2 aromatic rings. The molecule has 1 aromatic carbocycles. The predicted octanol–water partition coefficient (Wildman–Crippen LogP) is 2.51. The van der Waals surface area contributed by atoms with E-state index in [0.717, 1.165) is 0 Å². The molecule has 0 bridgehead atoms. The van der Waals surface area contributed by atoms with Gasteiger partial charge in [0, 0.05) is 18.3 Å². The number of alkyl halides is 3. The summed E-state index contributed by atoms with van der Waals surface area (Å²) in [5, 5.41) is 0. The van der Waals surface area contributed by atoms with E-state index >= 15 is 0 Å². The van der Waals surface area contributed by atoms with Crippen LogP contribution in [0.4, 0.5) is 13.2 Å². The highest BCUT2D eigenvalue weighted by atomic mass is 32.2. The lowest BCUT2D eigenvalue weighted by atomic mass is 10.3. The molecule has 1 heterocycles. The molecule has 1 N–H and O–H groups in total. The molecule has 0 fully saturated rings. The lowest BCUT2D eigenvalue weighted by Crippen LogP contribution is -2.24. The normalized spacial score (nSPS) is 12.0. The van der Waals surface area contributed by atoms with Crippen LogP contribution in [0.25, 0.3) is 0 Å². The molecular weight excluding hydrogens is 361 g/mol. The molecule has 1 aromatic heterocycles. The van der Waals surface area contributed by atoms with E-state index in [-0.39, 0.29) is 22.9 Å². The van der Waals surface area contributed by atoms with Gasteiger partial charge in [0.25, 0.3) is 0 Å². The first kappa shape index (κ1) is 19.0. The fraction of sp³-hybridized carbons (Fsp3) is 0.267. The monoisotopic (exact) mass is 376 g/mol. The highest BCUT2D eigenvalue weighted by Gasteiger charge is 2.29. The van der Waals surface area contributed by atoms with E-state index in [0.29, 0.717) is 5.75 Å². The van der Waals surface area contributed by atoms with E-state index in [1.54, 1.807) is 0 Å². The number of nitrogens with zero attached hydrogens (tertiary/aromatic N) is 1. The molecule has 0 atom stereocenters. The van der Waals surface area contributed by atoms with Crippen molar-refractivity contribution in [3.8, 4) is 11.6 Å². The van der Waals surface area contributed by atoms with Gasteiger partial charge in [0.15, 0.2) is 6.61 Å². The lowest BCUT2D eigenvalue weighted by molar-refractivity contribution is -0.154. The Kier molecular flexibility index (Phi) is 5.85. The molecule has 25 heavy (non-hydrogen) atoms. The van der Waals surface area contributed by atoms with Crippen LogP contribution in [-0.2, 0) is 16.6 Å². The molecule has 136 valence electrons. The second-order valence-corrected chi connectivity index (χ2v) is 6.64. The molecular formula is C15H15F3N2O4S. The van der Waals surface area contributed by atoms with E-state index in [2.05, 4.69) is 14.4 Å². The van der Waals surface area contributed by atoms with Gasteiger partial charge >= 0.3 is 6.18 Å². The van der Waals surface area contributed by atoms with Crippen LogP contribution in [0.5, 0.6) is 11.6 Å². The first-order valence-corrected chi connectivity index (χ1v) is 8.47. The Morgan fingerprint density at radius 2 is 1.84 bits per heavy atom. The minimum Gasteiger partial charge on any atom is -0.497 e. The number of sulfonamides is 1. The van der Waals surface area contributed by atoms with Gasteiger partial charge in [0.1, 0.15) is 5.75 Å². The van der Waals surface area contributed by atoms with E-state index in [4.69, 9.17) is 4.74 Å². The molecule has 0 saturated heterocycles. The summed E-state index contributed by atoms with van der Waals surface area (Å²) in [6.07, 6.45) is -3.26. The maximum atomic E-state index is 12.3. The molecule has 0 aliphatic heterocycles. The van der Waals surface area contributed by atoms with Crippen LogP contribution in [0.3, 0.4) is 0 Å². The maximum Gasteiger partial charge on any atom is 0.422 e. The van der Waals surface area contributed by atoms with E-state index in [1.165, 1.54) is 49.7 Å². The third kappa shape index (κ3) is 5.61. The molecule has 0 aliphatic carbocycles. The van der Waals surface area contributed by atoms with Crippen molar-refractivity contribution in [2.75, 3.05) is 13.7 Å². The number of nitrogens with one attached hydrogen (secondary N) is 1. The highest BCUT2D eigenvalue weighted by molar-refractivity contribution is 7.89. The molecule has 10 heteroatoms. The van der Waals surface area contributed by atoms with Gasteiger partial charge in [-0.15, -0.1) is 0 Å². The first-order chi connectivity index (χ1) is 11.7. The summed E-state index contributed by atoms with van der Waals surface area (Å²) < 4.78 is 73.1. The second kappa shape index (κ2) is 7.70. The van der Waals surface area contributed by atoms with Crippen molar-refractivity contribution in [3.63, 3.8) is 0 Å². The summed E-state index contributed by atoms with van der Waals surface area (Å²) in [6.45, 7) is -1.78. The van der Waals surface area contributed by atoms with Crippen molar-refractivity contribution < 1.29 is 31.1 Å². The van der Waals surface area contributed by atoms with Gasteiger partial charge in [0.2, 0.25) is 15.9 Å². The lowest BCUT2D eigenvalue weighted by Gasteiger charge is -2.12. The number of ether oxygens (including phenoxy) is 2. The maximum absolute atomic E-state index is 12.3. The summed E-state index contributed by atoms with van der Waals surface area (Å²) in [7, 11) is -2.40. The topological polar surface area (TPSA) is 77.5 Å². The van der Waals surface area contributed by atoms with Crippen LogP contribution in [0.15, 0.2) is 47.5 Å². The van der Waals surface area contributed by atoms with Crippen LogP contribution in [0.1, 0.15) is 5.56 Å². The third-order valence-corrected chi connectivity index (χ3v) is 4.46. The van der Waals surface area contributed by atoms with Crippen LogP contribution >= 0.6 is 0 Å². The fourth-order valence-corrected chi connectivity index (χ4v) is 2.86. The molecule has 0 unspecified atom stereocenters. The quantitative estimate of drug-likeness (QED) is 0.804. The van der Waals surface area contributed by atoms with E-state index in [1.807, 2.05) is 0 Å². The Morgan fingerprint density at radius 1 is 1.16 bits per heavy atom. The number of benzene rings is 1. The number of hydrogen-bond donors (Lipinski definition) is 1. The van der Waals surface area contributed by atoms with Crippen LogP contribution < -0.4 is 14.2 Å². The summed E-state index contributed by atoms with van der Waals surface area (Å²) in [4.78, 5) is 3.70. The Labute approximate surface area is 142 Å². The van der Waals surface area contributed by atoms with Gasteiger partial charge in [-0.05, 0) is 30.3 Å². The van der Waals surface area contributed by atoms with E-state index < -0.39 is 22.8 Å².